The number of hydrogen-bond donors (Lipinski definition) is 3. The molecule has 0 bridgehead atoms. The molecule has 1 aromatic heterocycles. The molecule has 112 valence electrons. The van der Waals surface area contributed by atoms with E-state index in [1.807, 2.05) is 6.07 Å². The van der Waals surface area contributed by atoms with E-state index in [0.29, 0.717) is 13.1 Å². The minimum Gasteiger partial charge on any atom is -0.394 e. The maximum Gasteiger partial charge on any atom is 0.318 e. The summed E-state index contributed by atoms with van der Waals surface area (Å²) < 4.78 is 0. The molecule has 1 aromatic rings. The van der Waals surface area contributed by atoms with Gasteiger partial charge in [0.25, 0.3) is 0 Å². The lowest BCUT2D eigenvalue weighted by molar-refractivity contribution is 0.157. The molecule has 3 N–H and O–H groups in total. The zero-order valence-electron chi connectivity index (χ0n) is 12.4. The number of H-pyrrole nitrogens is 1. The van der Waals surface area contributed by atoms with Gasteiger partial charge in [0.15, 0.2) is 0 Å². The van der Waals surface area contributed by atoms with Gasteiger partial charge < -0.3 is 15.3 Å². The predicted octanol–water partition coefficient (Wildman–Crippen LogP) is 1.37. The van der Waals surface area contributed by atoms with Crippen LogP contribution < -0.4 is 5.32 Å². The van der Waals surface area contributed by atoms with Crippen LogP contribution in [-0.2, 0) is 12.0 Å². The van der Waals surface area contributed by atoms with Gasteiger partial charge in [-0.1, -0.05) is 20.8 Å². The molecule has 1 aliphatic rings. The summed E-state index contributed by atoms with van der Waals surface area (Å²) in [6.45, 7) is 7.47. The molecule has 0 aromatic carbocycles. The first-order chi connectivity index (χ1) is 9.41. The van der Waals surface area contributed by atoms with Crippen molar-refractivity contribution in [2.24, 2.45) is 0 Å². The van der Waals surface area contributed by atoms with Crippen molar-refractivity contribution in [3.63, 3.8) is 0 Å². The summed E-state index contributed by atoms with van der Waals surface area (Å²) in [6.07, 6.45) is 1.83. The third-order valence-corrected chi connectivity index (χ3v) is 3.68. The Labute approximate surface area is 119 Å². The number of aromatic amines is 1. The molecule has 1 aliphatic heterocycles. The summed E-state index contributed by atoms with van der Waals surface area (Å²) >= 11 is 0. The Morgan fingerprint density at radius 2 is 2.35 bits per heavy atom. The van der Waals surface area contributed by atoms with E-state index in [1.54, 1.807) is 4.90 Å². The fourth-order valence-electron chi connectivity index (χ4n) is 2.40. The van der Waals surface area contributed by atoms with Gasteiger partial charge in [-0.25, -0.2) is 4.79 Å². The molecule has 2 rings (SSSR count). The van der Waals surface area contributed by atoms with Crippen molar-refractivity contribution in [1.82, 2.24) is 20.4 Å². The largest absolute Gasteiger partial charge is 0.394 e. The van der Waals surface area contributed by atoms with Crippen molar-refractivity contribution in [2.45, 2.75) is 51.6 Å². The second-order valence-corrected chi connectivity index (χ2v) is 6.36. The highest BCUT2D eigenvalue weighted by Crippen LogP contribution is 2.20. The van der Waals surface area contributed by atoms with Crippen LogP contribution in [-0.4, -0.2) is 45.4 Å². The lowest BCUT2D eigenvalue weighted by Crippen LogP contribution is -2.43. The Hall–Kier alpha value is -1.56. The van der Waals surface area contributed by atoms with Crippen LogP contribution in [0.3, 0.4) is 0 Å². The van der Waals surface area contributed by atoms with E-state index in [9.17, 15) is 9.90 Å². The molecule has 20 heavy (non-hydrogen) atoms. The number of nitrogens with zero attached hydrogens (tertiary/aromatic N) is 2. The number of aliphatic hydroxyl groups is 1. The predicted molar refractivity (Wildman–Crippen MR) is 76.3 cm³/mol. The SMILES string of the molecule is CC(C)(C)c1cc(CNC(=O)N2CCC[C@H]2CO)[nH]n1. The van der Waals surface area contributed by atoms with E-state index in [2.05, 4.69) is 36.3 Å². The number of nitrogens with one attached hydrogen (secondary N) is 2. The number of aliphatic hydroxyl groups excluding tert-OH is 1. The number of rotatable bonds is 3. The second-order valence-electron chi connectivity index (χ2n) is 6.36. The molecule has 1 fully saturated rings. The van der Waals surface area contributed by atoms with Crippen molar-refractivity contribution in [3.05, 3.63) is 17.5 Å². The summed E-state index contributed by atoms with van der Waals surface area (Å²) in [5.74, 6) is 0. The molecule has 1 saturated heterocycles. The Morgan fingerprint density at radius 1 is 1.60 bits per heavy atom. The Bertz CT molecular complexity index is 464. The Kier molecular flexibility index (Phi) is 4.32. The average Bonchev–Trinajstić information content (AvgIpc) is 3.03. The van der Waals surface area contributed by atoms with E-state index in [1.165, 1.54) is 0 Å². The fourth-order valence-corrected chi connectivity index (χ4v) is 2.40. The monoisotopic (exact) mass is 280 g/mol. The maximum atomic E-state index is 12.1. The van der Waals surface area contributed by atoms with Crippen LogP contribution in [0, 0.1) is 0 Å². The molecule has 0 radical (unpaired) electrons. The van der Waals surface area contributed by atoms with Gasteiger partial charge in [0, 0.05) is 12.0 Å². The van der Waals surface area contributed by atoms with Crippen LogP contribution >= 0.6 is 0 Å². The van der Waals surface area contributed by atoms with Crippen LogP contribution in [0.5, 0.6) is 0 Å². The van der Waals surface area contributed by atoms with Crippen LogP contribution in [0.15, 0.2) is 6.07 Å². The van der Waals surface area contributed by atoms with Gasteiger partial charge in [-0.2, -0.15) is 5.10 Å². The van der Waals surface area contributed by atoms with Crippen LogP contribution in [0.25, 0.3) is 0 Å². The topological polar surface area (TPSA) is 81.3 Å². The zero-order valence-corrected chi connectivity index (χ0v) is 12.4. The van der Waals surface area contributed by atoms with Crippen molar-refractivity contribution < 1.29 is 9.90 Å². The zero-order chi connectivity index (χ0) is 14.8. The Balaban J connectivity index is 1.89. The maximum absolute atomic E-state index is 12.1. The molecule has 6 heteroatoms. The van der Waals surface area contributed by atoms with Gasteiger partial charge in [0.2, 0.25) is 0 Å². The normalized spacial score (nSPS) is 19.4. The highest BCUT2D eigenvalue weighted by molar-refractivity contribution is 5.74. The first-order valence-corrected chi connectivity index (χ1v) is 7.12. The van der Waals surface area contributed by atoms with E-state index < -0.39 is 0 Å². The van der Waals surface area contributed by atoms with Crippen LogP contribution in [0.1, 0.15) is 45.0 Å². The summed E-state index contributed by atoms with van der Waals surface area (Å²) in [4.78, 5) is 13.8. The summed E-state index contributed by atoms with van der Waals surface area (Å²) in [7, 11) is 0. The number of urea groups is 1. The second kappa shape index (κ2) is 5.83. The molecule has 1 atom stereocenters. The first-order valence-electron chi connectivity index (χ1n) is 7.12. The van der Waals surface area contributed by atoms with E-state index in [4.69, 9.17) is 0 Å². The average molecular weight is 280 g/mol. The first kappa shape index (κ1) is 14.8. The lowest BCUT2D eigenvalue weighted by atomic mass is 9.92. The molecule has 0 aliphatic carbocycles. The van der Waals surface area contributed by atoms with Gasteiger partial charge in [-0.3, -0.25) is 5.10 Å². The number of carbonyl (C=O) groups is 1. The van der Waals surface area contributed by atoms with E-state index in [0.717, 1.165) is 24.2 Å². The van der Waals surface area contributed by atoms with Crippen molar-refractivity contribution >= 4 is 6.03 Å². The van der Waals surface area contributed by atoms with Gasteiger partial charge >= 0.3 is 6.03 Å². The molecule has 2 amide bonds. The minimum atomic E-state index is -0.117. The number of amides is 2. The van der Waals surface area contributed by atoms with Gasteiger partial charge in [0.1, 0.15) is 0 Å². The van der Waals surface area contributed by atoms with Gasteiger partial charge in [-0.05, 0) is 18.9 Å². The number of likely N-dealkylation sites (tertiary alicyclic amines) is 1. The molecular weight excluding hydrogens is 256 g/mol. The molecule has 0 saturated carbocycles. The third kappa shape index (κ3) is 3.30. The van der Waals surface area contributed by atoms with Crippen molar-refractivity contribution in [1.29, 1.82) is 0 Å². The van der Waals surface area contributed by atoms with Crippen LogP contribution in [0.2, 0.25) is 0 Å². The van der Waals surface area contributed by atoms with Crippen LogP contribution in [0.4, 0.5) is 4.79 Å². The molecule has 2 heterocycles. The van der Waals surface area contributed by atoms with Gasteiger partial charge in [-0.15, -0.1) is 0 Å². The minimum absolute atomic E-state index is 0.00427. The lowest BCUT2D eigenvalue weighted by Gasteiger charge is -2.23. The number of carbonyl (C=O) groups excluding carboxylic acids is 1. The van der Waals surface area contributed by atoms with Crippen molar-refractivity contribution in [3.8, 4) is 0 Å². The quantitative estimate of drug-likeness (QED) is 0.782. The highest BCUT2D eigenvalue weighted by Gasteiger charge is 2.27. The van der Waals surface area contributed by atoms with Crippen molar-refractivity contribution in [2.75, 3.05) is 13.2 Å². The molecule has 6 nitrogen and oxygen atoms in total. The molecule has 0 spiro atoms. The smallest absolute Gasteiger partial charge is 0.318 e. The summed E-state index contributed by atoms with van der Waals surface area (Å²) in [5, 5.41) is 19.3. The molecular formula is C14H24N4O2. The summed E-state index contributed by atoms with van der Waals surface area (Å²) in [6, 6.07) is 1.82. The van der Waals surface area contributed by atoms with Gasteiger partial charge in [0.05, 0.1) is 30.6 Å². The number of aromatic nitrogens is 2. The number of hydrogen-bond acceptors (Lipinski definition) is 3. The standard InChI is InChI=1S/C14H24N4O2/c1-14(2,3)12-7-10(16-17-12)8-15-13(20)18-6-4-5-11(18)9-19/h7,11,19H,4-6,8-9H2,1-3H3,(H,15,20)(H,16,17)/t11-/m0/s1. The molecule has 0 unspecified atom stereocenters. The third-order valence-electron chi connectivity index (χ3n) is 3.68. The van der Waals surface area contributed by atoms with E-state index in [-0.39, 0.29) is 24.1 Å². The Morgan fingerprint density at radius 3 is 2.95 bits per heavy atom. The summed E-state index contributed by atoms with van der Waals surface area (Å²) in [5.41, 5.74) is 1.87. The fraction of sp³-hybridized carbons (Fsp3) is 0.714. The van der Waals surface area contributed by atoms with E-state index >= 15 is 0 Å². The highest BCUT2D eigenvalue weighted by atomic mass is 16.3.